The van der Waals surface area contributed by atoms with Gasteiger partial charge in [0.05, 0.1) is 16.9 Å². The Balaban J connectivity index is 1.57. The Hall–Kier alpha value is 0.300. The van der Waals surface area contributed by atoms with Crippen molar-refractivity contribution in [3.05, 3.63) is 26.8 Å². The standard InChI is InChI=1S/C16H16N2S6/c1-2-3-4-5-6-10-9-19-13-14(20-10)24-16(23-13)15-21-11(7-17)12(8-18)22-15/h10H,2-6,9H2,1H3. The van der Waals surface area contributed by atoms with Crippen LogP contribution in [0.1, 0.15) is 39.0 Å². The zero-order chi connectivity index (χ0) is 16.9. The van der Waals surface area contributed by atoms with Crippen LogP contribution in [0.3, 0.4) is 0 Å². The first kappa shape index (κ1) is 19.1. The fraction of sp³-hybridized carbons (Fsp3) is 0.500. The first-order valence-electron chi connectivity index (χ1n) is 7.79. The van der Waals surface area contributed by atoms with Crippen molar-refractivity contribution >= 4 is 70.6 Å². The normalized spacial score (nSPS) is 23.5. The lowest BCUT2D eigenvalue weighted by atomic mass is 10.1. The van der Waals surface area contributed by atoms with Crippen molar-refractivity contribution in [2.75, 3.05) is 5.75 Å². The molecule has 0 amide bonds. The van der Waals surface area contributed by atoms with Crippen molar-refractivity contribution in [1.29, 1.82) is 10.5 Å². The summed E-state index contributed by atoms with van der Waals surface area (Å²) in [5.74, 6) is 1.21. The van der Waals surface area contributed by atoms with Gasteiger partial charge in [0.2, 0.25) is 0 Å². The second-order valence-corrected chi connectivity index (χ2v) is 12.8. The maximum absolute atomic E-state index is 9.14. The molecule has 3 aliphatic heterocycles. The molecule has 0 fully saturated rings. The molecule has 1 unspecified atom stereocenters. The second kappa shape index (κ2) is 9.30. The fourth-order valence-corrected chi connectivity index (χ4v) is 11.3. The van der Waals surface area contributed by atoms with Gasteiger partial charge in [-0.05, 0) is 6.42 Å². The molecule has 0 aromatic carbocycles. The molecule has 0 saturated heterocycles. The average molecular weight is 429 g/mol. The predicted molar refractivity (Wildman–Crippen MR) is 115 cm³/mol. The van der Waals surface area contributed by atoms with Gasteiger partial charge in [-0.2, -0.15) is 10.5 Å². The van der Waals surface area contributed by atoms with Crippen LogP contribution < -0.4 is 0 Å². The summed E-state index contributed by atoms with van der Waals surface area (Å²) in [6.45, 7) is 2.26. The van der Waals surface area contributed by atoms with Gasteiger partial charge in [-0.15, -0.1) is 23.5 Å². The highest BCUT2D eigenvalue weighted by atomic mass is 32.3. The molecule has 8 heteroatoms. The van der Waals surface area contributed by atoms with Gasteiger partial charge in [0.25, 0.3) is 0 Å². The van der Waals surface area contributed by atoms with E-state index in [-0.39, 0.29) is 0 Å². The van der Waals surface area contributed by atoms with Crippen LogP contribution in [0.4, 0.5) is 0 Å². The van der Waals surface area contributed by atoms with E-state index in [1.807, 2.05) is 47.0 Å². The minimum absolute atomic E-state index is 0.546. The Kier molecular flexibility index (Phi) is 7.39. The maximum Gasteiger partial charge on any atom is 0.115 e. The van der Waals surface area contributed by atoms with E-state index < -0.39 is 0 Å². The van der Waals surface area contributed by atoms with Crippen molar-refractivity contribution < 1.29 is 0 Å². The van der Waals surface area contributed by atoms with Gasteiger partial charge < -0.3 is 0 Å². The molecule has 0 aromatic rings. The van der Waals surface area contributed by atoms with Crippen molar-refractivity contribution in [1.82, 2.24) is 0 Å². The lowest BCUT2D eigenvalue weighted by molar-refractivity contribution is 0.633. The average Bonchev–Trinajstić information content (AvgIpc) is 3.21. The molecule has 0 radical (unpaired) electrons. The van der Waals surface area contributed by atoms with E-state index in [4.69, 9.17) is 10.5 Å². The number of nitriles is 2. The Labute approximate surface area is 169 Å². The van der Waals surface area contributed by atoms with Crippen molar-refractivity contribution in [2.24, 2.45) is 0 Å². The van der Waals surface area contributed by atoms with Crippen LogP contribution in [0.2, 0.25) is 0 Å². The van der Waals surface area contributed by atoms with E-state index in [0.717, 1.165) is 9.49 Å². The maximum atomic E-state index is 9.14. The number of allylic oxidation sites excluding steroid dienone is 2. The lowest BCUT2D eigenvalue weighted by Gasteiger charge is -2.21. The quantitative estimate of drug-likeness (QED) is 0.423. The summed E-state index contributed by atoms with van der Waals surface area (Å²) in [6.07, 6.45) is 6.66. The van der Waals surface area contributed by atoms with E-state index in [0.29, 0.717) is 9.81 Å². The van der Waals surface area contributed by atoms with Gasteiger partial charge >= 0.3 is 0 Å². The molecular formula is C16H16N2S6. The van der Waals surface area contributed by atoms with Crippen LogP contribution in [0.25, 0.3) is 0 Å². The number of thioether (sulfide) groups is 6. The summed E-state index contributed by atoms with van der Waals surface area (Å²) < 4.78 is 5.21. The van der Waals surface area contributed by atoms with Gasteiger partial charge in [0, 0.05) is 11.0 Å². The van der Waals surface area contributed by atoms with Crippen LogP contribution in [0.15, 0.2) is 26.8 Å². The minimum atomic E-state index is 0.546. The topological polar surface area (TPSA) is 47.6 Å². The Morgan fingerprint density at radius 3 is 2.21 bits per heavy atom. The van der Waals surface area contributed by atoms with Crippen LogP contribution >= 0.6 is 70.6 Å². The highest BCUT2D eigenvalue weighted by Crippen LogP contribution is 2.65. The molecule has 126 valence electrons. The molecule has 3 heterocycles. The smallest absolute Gasteiger partial charge is 0.115 e. The summed E-state index contributed by atoms with van der Waals surface area (Å²) in [5, 5.41) is 19.0. The Morgan fingerprint density at radius 1 is 0.875 bits per heavy atom. The Morgan fingerprint density at radius 2 is 1.54 bits per heavy atom. The third-order valence-corrected chi connectivity index (χ3v) is 12.6. The number of hydrogen-bond donors (Lipinski definition) is 0. The SMILES string of the molecule is CCCCCCC1CSC2=C(SC(=C3SC(C#N)=C(C#N)S3)S2)S1. The molecule has 3 aliphatic rings. The molecule has 0 aliphatic carbocycles. The molecule has 2 nitrogen and oxygen atoms in total. The van der Waals surface area contributed by atoms with E-state index in [2.05, 4.69) is 19.1 Å². The van der Waals surface area contributed by atoms with Gasteiger partial charge in [-0.1, -0.05) is 79.7 Å². The van der Waals surface area contributed by atoms with Crippen LogP contribution in [0.5, 0.6) is 0 Å². The van der Waals surface area contributed by atoms with Crippen molar-refractivity contribution in [3.8, 4) is 12.1 Å². The molecule has 24 heavy (non-hydrogen) atoms. The molecule has 0 aromatic heterocycles. The molecule has 0 spiro atoms. The van der Waals surface area contributed by atoms with Crippen molar-refractivity contribution in [3.63, 3.8) is 0 Å². The van der Waals surface area contributed by atoms with Crippen LogP contribution in [-0.2, 0) is 0 Å². The van der Waals surface area contributed by atoms with E-state index in [1.54, 1.807) is 0 Å². The van der Waals surface area contributed by atoms with Crippen LogP contribution in [0, 0.1) is 22.7 Å². The molecule has 0 saturated carbocycles. The largest absolute Gasteiger partial charge is 0.192 e. The molecule has 0 bridgehead atoms. The molecular weight excluding hydrogens is 413 g/mol. The van der Waals surface area contributed by atoms with Gasteiger partial charge in [-0.3, -0.25) is 0 Å². The minimum Gasteiger partial charge on any atom is -0.192 e. The second-order valence-electron chi connectivity index (χ2n) is 5.34. The highest BCUT2D eigenvalue weighted by Gasteiger charge is 2.33. The summed E-state index contributed by atoms with van der Waals surface area (Å²) in [4.78, 5) is 1.09. The van der Waals surface area contributed by atoms with E-state index in [9.17, 15) is 0 Å². The zero-order valence-electron chi connectivity index (χ0n) is 13.2. The summed E-state index contributed by atoms with van der Waals surface area (Å²) >= 11 is 10.6. The highest BCUT2D eigenvalue weighted by molar-refractivity contribution is 8.43. The lowest BCUT2D eigenvalue weighted by Crippen LogP contribution is -2.09. The molecule has 1 atom stereocenters. The number of unbranched alkanes of at least 4 members (excludes halogenated alkanes) is 3. The monoisotopic (exact) mass is 428 g/mol. The van der Waals surface area contributed by atoms with Crippen LogP contribution in [-0.4, -0.2) is 11.0 Å². The Bertz CT molecular complexity index is 666. The first-order chi connectivity index (χ1) is 11.7. The summed E-state index contributed by atoms with van der Waals surface area (Å²) in [7, 11) is 0. The molecule has 3 rings (SSSR count). The number of nitrogens with zero attached hydrogens (tertiary/aromatic N) is 2. The summed E-state index contributed by atoms with van der Waals surface area (Å²) in [6, 6.07) is 4.29. The third kappa shape index (κ3) is 4.52. The molecule has 0 N–H and O–H groups in total. The zero-order valence-corrected chi connectivity index (χ0v) is 18.1. The van der Waals surface area contributed by atoms with Gasteiger partial charge in [0.1, 0.15) is 21.9 Å². The number of hydrogen-bond acceptors (Lipinski definition) is 8. The van der Waals surface area contributed by atoms with E-state index >= 15 is 0 Å². The van der Waals surface area contributed by atoms with E-state index in [1.165, 1.54) is 74.1 Å². The van der Waals surface area contributed by atoms with Crippen molar-refractivity contribution in [2.45, 2.75) is 44.3 Å². The first-order valence-corrected chi connectivity index (χ1v) is 12.9. The fourth-order valence-electron chi connectivity index (χ4n) is 2.34. The van der Waals surface area contributed by atoms with Gasteiger partial charge in [-0.25, -0.2) is 0 Å². The summed E-state index contributed by atoms with van der Waals surface area (Å²) in [5.41, 5.74) is 0. The number of rotatable bonds is 5. The third-order valence-electron chi connectivity index (χ3n) is 3.56. The van der Waals surface area contributed by atoms with Gasteiger partial charge in [0.15, 0.2) is 0 Å². The predicted octanol–water partition coefficient (Wildman–Crippen LogP) is 7.28.